The van der Waals surface area contributed by atoms with Gasteiger partial charge in [0.15, 0.2) is 11.6 Å². The zero-order valence-corrected chi connectivity index (χ0v) is 10.7. The number of aliphatic hydroxyl groups excluding tert-OH is 1. The number of aliphatic hydroxyl groups is 1. The summed E-state index contributed by atoms with van der Waals surface area (Å²) in [5.41, 5.74) is 0. The second-order valence-electron chi connectivity index (χ2n) is 3.95. The van der Waals surface area contributed by atoms with Crippen molar-refractivity contribution in [3.8, 4) is 5.75 Å². The monoisotopic (exact) mass is 240 g/mol. The summed E-state index contributed by atoms with van der Waals surface area (Å²) in [4.78, 5) is 8.21. The Hall–Kier alpha value is -1.56. The van der Waals surface area contributed by atoms with Crippen molar-refractivity contribution in [3.63, 3.8) is 0 Å². The number of hydrogen-bond acceptors (Lipinski definition) is 6. The summed E-state index contributed by atoms with van der Waals surface area (Å²) < 4.78 is 5.27. The zero-order valence-electron chi connectivity index (χ0n) is 10.7. The highest BCUT2D eigenvalue weighted by Crippen LogP contribution is 2.29. The Morgan fingerprint density at radius 3 is 2.53 bits per heavy atom. The highest BCUT2D eigenvalue weighted by atomic mass is 16.5. The second-order valence-corrected chi connectivity index (χ2v) is 3.95. The molecule has 0 aliphatic carbocycles. The number of anilines is 2. The molecule has 2 atom stereocenters. The first kappa shape index (κ1) is 13.5. The number of methoxy groups -OCH3 is 1. The van der Waals surface area contributed by atoms with Gasteiger partial charge in [-0.1, -0.05) is 6.92 Å². The maximum atomic E-state index is 9.09. The molecule has 0 aromatic carbocycles. The molecule has 6 heteroatoms. The van der Waals surface area contributed by atoms with Crippen LogP contribution in [0.1, 0.15) is 13.8 Å². The summed E-state index contributed by atoms with van der Waals surface area (Å²) in [7, 11) is 3.35. The quantitative estimate of drug-likeness (QED) is 0.687. The van der Waals surface area contributed by atoms with Crippen LogP contribution in [0, 0.1) is 5.92 Å². The van der Waals surface area contributed by atoms with Gasteiger partial charge in [0.2, 0.25) is 5.75 Å². The molecule has 1 aromatic heterocycles. The number of hydrogen-bond donors (Lipinski definition) is 3. The fourth-order valence-electron chi connectivity index (χ4n) is 1.36. The third kappa shape index (κ3) is 3.20. The van der Waals surface area contributed by atoms with E-state index in [2.05, 4.69) is 20.6 Å². The van der Waals surface area contributed by atoms with Crippen LogP contribution in [0.5, 0.6) is 5.75 Å². The van der Waals surface area contributed by atoms with Gasteiger partial charge in [0.1, 0.15) is 6.33 Å². The molecule has 0 saturated heterocycles. The molecule has 0 amide bonds. The van der Waals surface area contributed by atoms with E-state index in [9.17, 15) is 0 Å². The SMILES string of the molecule is CNc1ncnc(NC(C)C(C)CO)c1OC. The smallest absolute Gasteiger partial charge is 0.204 e. The van der Waals surface area contributed by atoms with Gasteiger partial charge in [-0.2, -0.15) is 0 Å². The van der Waals surface area contributed by atoms with Crippen molar-refractivity contribution in [2.75, 3.05) is 31.4 Å². The van der Waals surface area contributed by atoms with Gasteiger partial charge in [0, 0.05) is 19.7 Å². The van der Waals surface area contributed by atoms with E-state index in [0.29, 0.717) is 17.4 Å². The minimum atomic E-state index is 0.0912. The molecular formula is C11H20N4O2. The summed E-state index contributed by atoms with van der Waals surface area (Å²) in [6.45, 7) is 4.08. The first-order valence-corrected chi connectivity index (χ1v) is 5.58. The lowest BCUT2D eigenvalue weighted by Crippen LogP contribution is -2.27. The Labute approximate surface area is 101 Å². The summed E-state index contributed by atoms with van der Waals surface area (Å²) >= 11 is 0. The Morgan fingerprint density at radius 1 is 1.35 bits per heavy atom. The minimum Gasteiger partial charge on any atom is -0.490 e. The summed E-state index contributed by atoms with van der Waals surface area (Å²) in [6.07, 6.45) is 1.47. The van der Waals surface area contributed by atoms with E-state index in [1.807, 2.05) is 13.8 Å². The first-order valence-electron chi connectivity index (χ1n) is 5.58. The van der Waals surface area contributed by atoms with Gasteiger partial charge in [-0.05, 0) is 12.8 Å². The molecule has 0 aliphatic rings. The van der Waals surface area contributed by atoms with Gasteiger partial charge in [-0.3, -0.25) is 0 Å². The summed E-state index contributed by atoms with van der Waals surface area (Å²) in [5.74, 6) is 1.97. The number of nitrogens with one attached hydrogen (secondary N) is 2. The fraction of sp³-hybridized carbons (Fsp3) is 0.636. The topological polar surface area (TPSA) is 79.3 Å². The fourth-order valence-corrected chi connectivity index (χ4v) is 1.36. The van der Waals surface area contributed by atoms with Crippen molar-refractivity contribution in [1.29, 1.82) is 0 Å². The average Bonchev–Trinajstić information content (AvgIpc) is 2.37. The maximum Gasteiger partial charge on any atom is 0.204 e. The lowest BCUT2D eigenvalue weighted by molar-refractivity contribution is 0.226. The van der Waals surface area contributed by atoms with Crippen molar-refractivity contribution in [2.45, 2.75) is 19.9 Å². The van der Waals surface area contributed by atoms with Crippen LogP contribution in [0.15, 0.2) is 6.33 Å². The lowest BCUT2D eigenvalue weighted by Gasteiger charge is -2.21. The molecule has 0 aliphatic heterocycles. The van der Waals surface area contributed by atoms with Crippen LogP contribution < -0.4 is 15.4 Å². The average molecular weight is 240 g/mol. The van der Waals surface area contributed by atoms with Crippen LogP contribution in [-0.2, 0) is 0 Å². The molecule has 0 fully saturated rings. The molecule has 3 N–H and O–H groups in total. The Kier molecular flexibility index (Phi) is 4.96. The van der Waals surface area contributed by atoms with Gasteiger partial charge in [0.05, 0.1) is 7.11 Å². The van der Waals surface area contributed by atoms with Crippen LogP contribution in [0.2, 0.25) is 0 Å². The van der Waals surface area contributed by atoms with E-state index in [0.717, 1.165) is 0 Å². The van der Waals surface area contributed by atoms with Gasteiger partial charge >= 0.3 is 0 Å². The maximum absolute atomic E-state index is 9.09. The lowest BCUT2D eigenvalue weighted by atomic mass is 10.1. The van der Waals surface area contributed by atoms with E-state index in [-0.39, 0.29) is 18.6 Å². The highest BCUT2D eigenvalue weighted by Gasteiger charge is 2.16. The third-order valence-electron chi connectivity index (χ3n) is 2.75. The van der Waals surface area contributed by atoms with Gasteiger partial charge in [0.25, 0.3) is 0 Å². The molecule has 17 heavy (non-hydrogen) atoms. The molecule has 96 valence electrons. The number of aromatic nitrogens is 2. The van der Waals surface area contributed by atoms with Gasteiger partial charge in [-0.25, -0.2) is 9.97 Å². The predicted molar refractivity (Wildman–Crippen MR) is 67.5 cm³/mol. The van der Waals surface area contributed by atoms with Gasteiger partial charge < -0.3 is 20.5 Å². The molecule has 0 spiro atoms. The molecule has 0 radical (unpaired) electrons. The van der Waals surface area contributed by atoms with Gasteiger partial charge in [-0.15, -0.1) is 0 Å². The molecular weight excluding hydrogens is 220 g/mol. The van der Waals surface area contributed by atoms with E-state index in [1.54, 1.807) is 14.2 Å². The first-order chi connectivity index (χ1) is 8.13. The number of ether oxygens (including phenoxy) is 1. The molecule has 6 nitrogen and oxygen atoms in total. The van der Waals surface area contributed by atoms with E-state index in [4.69, 9.17) is 9.84 Å². The van der Waals surface area contributed by atoms with Crippen molar-refractivity contribution < 1.29 is 9.84 Å². The Morgan fingerprint density at radius 2 is 2.00 bits per heavy atom. The Balaban J connectivity index is 2.90. The predicted octanol–water partition coefficient (Wildman–Crippen LogP) is 0.956. The van der Waals surface area contributed by atoms with E-state index in [1.165, 1.54) is 6.33 Å². The molecule has 1 rings (SSSR count). The van der Waals surface area contributed by atoms with Crippen LogP contribution >= 0.6 is 0 Å². The zero-order chi connectivity index (χ0) is 12.8. The molecule has 0 bridgehead atoms. The molecule has 2 unspecified atom stereocenters. The second kappa shape index (κ2) is 6.24. The highest BCUT2D eigenvalue weighted by molar-refractivity contribution is 5.63. The van der Waals surface area contributed by atoms with Crippen LogP contribution in [-0.4, -0.2) is 41.9 Å². The normalized spacial score (nSPS) is 13.9. The van der Waals surface area contributed by atoms with Crippen LogP contribution in [0.25, 0.3) is 0 Å². The molecule has 1 heterocycles. The number of nitrogens with zero attached hydrogens (tertiary/aromatic N) is 2. The standard InChI is InChI=1S/C11H20N4O2/c1-7(5-16)8(2)15-11-9(17-4)10(12-3)13-6-14-11/h6-8,16H,5H2,1-4H3,(H2,12,13,14,15). The van der Waals surface area contributed by atoms with Crippen molar-refractivity contribution in [1.82, 2.24) is 9.97 Å². The largest absolute Gasteiger partial charge is 0.490 e. The van der Waals surface area contributed by atoms with Crippen LogP contribution in [0.4, 0.5) is 11.6 Å². The minimum absolute atomic E-state index is 0.0912. The third-order valence-corrected chi connectivity index (χ3v) is 2.75. The van der Waals surface area contributed by atoms with E-state index < -0.39 is 0 Å². The molecule has 0 saturated carbocycles. The number of rotatable bonds is 6. The van der Waals surface area contributed by atoms with Crippen LogP contribution in [0.3, 0.4) is 0 Å². The molecule has 1 aromatic rings. The van der Waals surface area contributed by atoms with E-state index >= 15 is 0 Å². The van der Waals surface area contributed by atoms with Crippen molar-refractivity contribution in [3.05, 3.63) is 6.33 Å². The summed E-state index contributed by atoms with van der Waals surface area (Å²) in [5, 5.41) is 15.2. The Bertz CT molecular complexity index is 359. The van der Waals surface area contributed by atoms with Crippen molar-refractivity contribution >= 4 is 11.6 Å². The summed E-state index contributed by atoms with van der Waals surface area (Å²) in [6, 6.07) is 0.0912. The van der Waals surface area contributed by atoms with Crippen molar-refractivity contribution in [2.24, 2.45) is 5.92 Å².